The largest absolute Gasteiger partial charge is 0.462 e. The number of hydrogen-bond acceptors (Lipinski definition) is 6. The summed E-state index contributed by atoms with van der Waals surface area (Å²) in [4.78, 5) is 38.3. The van der Waals surface area contributed by atoms with Crippen LogP contribution in [0.2, 0.25) is 0 Å². The highest BCUT2D eigenvalue weighted by molar-refractivity contribution is 5.71. The molecular formula is C67H110O6. The minimum absolute atomic E-state index is 0.104. The molecule has 6 heteroatoms. The van der Waals surface area contributed by atoms with Crippen LogP contribution in [0.15, 0.2) is 122 Å². The maximum atomic E-state index is 12.9. The van der Waals surface area contributed by atoms with Crippen LogP contribution < -0.4 is 0 Å². The van der Waals surface area contributed by atoms with Crippen molar-refractivity contribution in [3.63, 3.8) is 0 Å². The number of esters is 3. The van der Waals surface area contributed by atoms with Crippen LogP contribution in [-0.2, 0) is 28.6 Å². The molecule has 0 rings (SSSR count). The van der Waals surface area contributed by atoms with Gasteiger partial charge in [0.1, 0.15) is 13.2 Å². The Morgan fingerprint density at radius 1 is 0.288 bits per heavy atom. The maximum absolute atomic E-state index is 12.9. The lowest BCUT2D eigenvalue weighted by atomic mass is 10.1. The first-order valence-electron chi connectivity index (χ1n) is 30.0. The Morgan fingerprint density at radius 2 is 0.534 bits per heavy atom. The number of ether oxygens (including phenoxy) is 3. The van der Waals surface area contributed by atoms with Crippen LogP contribution in [0, 0.1) is 0 Å². The summed E-state index contributed by atoms with van der Waals surface area (Å²) < 4.78 is 16.9. The van der Waals surface area contributed by atoms with E-state index < -0.39 is 6.10 Å². The van der Waals surface area contributed by atoms with E-state index in [0.717, 1.165) is 128 Å². The second kappa shape index (κ2) is 60.4. The number of unbranched alkanes of at least 4 members (excludes halogenated alkanes) is 22. The van der Waals surface area contributed by atoms with Crippen LogP contribution in [0.25, 0.3) is 0 Å². The average molecular weight is 1010 g/mol. The normalized spacial score (nSPS) is 13.0. The Morgan fingerprint density at radius 3 is 0.849 bits per heavy atom. The second-order valence-electron chi connectivity index (χ2n) is 19.5. The number of rotatable bonds is 53. The first-order valence-corrected chi connectivity index (χ1v) is 30.0. The highest BCUT2D eigenvalue weighted by Gasteiger charge is 2.19. The van der Waals surface area contributed by atoms with E-state index >= 15 is 0 Å². The summed E-state index contributed by atoms with van der Waals surface area (Å²) in [5, 5.41) is 0. The molecule has 0 saturated heterocycles. The molecule has 0 unspecified atom stereocenters. The van der Waals surface area contributed by atoms with Gasteiger partial charge in [-0.3, -0.25) is 14.4 Å². The van der Waals surface area contributed by atoms with Crippen molar-refractivity contribution < 1.29 is 28.6 Å². The van der Waals surface area contributed by atoms with Crippen molar-refractivity contribution in [3.8, 4) is 0 Å². The zero-order chi connectivity index (χ0) is 52.9. The standard InChI is InChI=1S/C67H110O6/c1-4-7-10-13-16-19-22-25-28-31-33-36-39-42-45-48-51-54-57-60-66(69)72-63-64(62-71-65(68)59-56-53-50-47-44-41-38-35-30-27-24-21-18-15-12-9-6-3)73-67(70)61-58-55-52-49-46-43-40-37-34-32-29-26-23-20-17-14-11-8-5-2/h8,11,16-21,25-30,34,37-38,41,43,46,64H,4-7,9-10,12-15,22-24,31-33,35-36,39-40,42,44-45,47-63H2,1-3H3/b11-8-,19-16-,20-17-,21-18-,28-25-,29-26-,30-27-,37-34-,41-38-,46-43-/t64-/m0/s1. The smallest absolute Gasteiger partial charge is 0.306 e. The second-order valence-corrected chi connectivity index (χ2v) is 19.5. The first kappa shape index (κ1) is 68.8. The van der Waals surface area contributed by atoms with E-state index in [9.17, 15) is 14.4 Å². The Balaban J connectivity index is 4.51. The zero-order valence-corrected chi connectivity index (χ0v) is 47.4. The molecule has 0 amide bonds. The number of carbonyl (C=O) groups excluding carboxylic acids is 3. The molecule has 6 nitrogen and oxygen atoms in total. The van der Waals surface area contributed by atoms with Crippen molar-refractivity contribution in [1.82, 2.24) is 0 Å². The lowest BCUT2D eigenvalue weighted by Crippen LogP contribution is -2.30. The molecule has 0 bridgehead atoms. The van der Waals surface area contributed by atoms with E-state index in [4.69, 9.17) is 14.2 Å². The van der Waals surface area contributed by atoms with Crippen LogP contribution in [-0.4, -0.2) is 37.2 Å². The molecule has 0 aromatic heterocycles. The zero-order valence-electron chi connectivity index (χ0n) is 47.4. The Hall–Kier alpha value is -4.19. The van der Waals surface area contributed by atoms with Gasteiger partial charge in [0.25, 0.3) is 0 Å². The van der Waals surface area contributed by atoms with Crippen LogP contribution in [0.4, 0.5) is 0 Å². The number of allylic oxidation sites excluding steroid dienone is 20. The van der Waals surface area contributed by atoms with E-state index in [2.05, 4.69) is 142 Å². The molecule has 0 aromatic rings. The van der Waals surface area contributed by atoms with Crippen LogP contribution in [0.3, 0.4) is 0 Å². The van der Waals surface area contributed by atoms with Gasteiger partial charge in [-0.05, 0) is 135 Å². The number of carbonyl (C=O) groups is 3. The molecule has 0 radical (unpaired) electrons. The molecule has 0 N–H and O–H groups in total. The molecule has 0 fully saturated rings. The van der Waals surface area contributed by atoms with Crippen molar-refractivity contribution in [2.24, 2.45) is 0 Å². The van der Waals surface area contributed by atoms with Gasteiger partial charge in [-0.25, -0.2) is 0 Å². The molecule has 0 aliphatic carbocycles. The van der Waals surface area contributed by atoms with Crippen molar-refractivity contribution in [1.29, 1.82) is 0 Å². The van der Waals surface area contributed by atoms with Gasteiger partial charge < -0.3 is 14.2 Å². The predicted octanol–water partition coefficient (Wildman–Crippen LogP) is 20.4. The van der Waals surface area contributed by atoms with E-state index in [1.807, 2.05) is 0 Å². The SMILES string of the molecule is CC/C=C\C/C=C\C/C=C\C/C=C\C/C=C\CCCCCC(=O)O[C@@H](COC(=O)CCCCCC/C=C\C/C=C\C/C=C\CCCCC)COC(=O)CCCCCCCCCCC/C=C\C/C=C\CCCCC. The fourth-order valence-electron chi connectivity index (χ4n) is 7.92. The molecule has 73 heavy (non-hydrogen) atoms. The van der Waals surface area contributed by atoms with Gasteiger partial charge in [0, 0.05) is 19.3 Å². The van der Waals surface area contributed by atoms with Crippen molar-refractivity contribution in [3.05, 3.63) is 122 Å². The van der Waals surface area contributed by atoms with Gasteiger partial charge in [0.05, 0.1) is 0 Å². The fourth-order valence-corrected chi connectivity index (χ4v) is 7.92. The van der Waals surface area contributed by atoms with Crippen molar-refractivity contribution in [2.45, 2.75) is 271 Å². The maximum Gasteiger partial charge on any atom is 0.306 e. The Kier molecular flexibility index (Phi) is 56.9. The summed E-state index contributed by atoms with van der Waals surface area (Å²) in [5.74, 6) is -0.962. The lowest BCUT2D eigenvalue weighted by molar-refractivity contribution is -0.167. The molecule has 0 aliphatic rings. The molecule has 0 heterocycles. The van der Waals surface area contributed by atoms with Gasteiger partial charge in [-0.1, -0.05) is 232 Å². The fraction of sp³-hybridized carbons (Fsp3) is 0.657. The molecule has 0 aliphatic heterocycles. The van der Waals surface area contributed by atoms with E-state index in [0.29, 0.717) is 12.8 Å². The summed E-state index contributed by atoms with van der Waals surface area (Å²) in [6.07, 6.45) is 83.3. The van der Waals surface area contributed by atoms with Gasteiger partial charge in [0.2, 0.25) is 0 Å². The third-order valence-electron chi connectivity index (χ3n) is 12.4. The minimum atomic E-state index is -0.811. The van der Waals surface area contributed by atoms with Gasteiger partial charge in [-0.15, -0.1) is 0 Å². The summed E-state index contributed by atoms with van der Waals surface area (Å²) in [6, 6.07) is 0. The van der Waals surface area contributed by atoms with Gasteiger partial charge in [0.15, 0.2) is 6.10 Å². The molecule has 0 spiro atoms. The minimum Gasteiger partial charge on any atom is -0.462 e. The van der Waals surface area contributed by atoms with Crippen LogP contribution in [0.5, 0.6) is 0 Å². The summed E-state index contributed by atoms with van der Waals surface area (Å²) in [7, 11) is 0. The van der Waals surface area contributed by atoms with Crippen LogP contribution in [0.1, 0.15) is 265 Å². The highest BCUT2D eigenvalue weighted by atomic mass is 16.6. The molecule has 0 saturated carbocycles. The number of hydrogen-bond donors (Lipinski definition) is 0. The first-order chi connectivity index (χ1) is 36.0. The Labute approximate surface area is 450 Å². The average Bonchev–Trinajstić information content (AvgIpc) is 3.39. The summed E-state index contributed by atoms with van der Waals surface area (Å²) in [6.45, 7) is 6.43. The lowest BCUT2D eigenvalue weighted by Gasteiger charge is -2.18. The van der Waals surface area contributed by atoms with E-state index in [1.54, 1.807) is 0 Å². The molecule has 414 valence electrons. The Bertz CT molecular complexity index is 1540. The topological polar surface area (TPSA) is 78.9 Å². The highest BCUT2D eigenvalue weighted by Crippen LogP contribution is 2.14. The third kappa shape index (κ3) is 58.6. The van der Waals surface area contributed by atoms with E-state index in [1.165, 1.54) is 96.3 Å². The third-order valence-corrected chi connectivity index (χ3v) is 12.4. The molecule has 0 aromatic carbocycles. The van der Waals surface area contributed by atoms with Crippen LogP contribution >= 0.6 is 0 Å². The quantitative estimate of drug-likeness (QED) is 0.0261. The molecule has 1 atom stereocenters. The van der Waals surface area contributed by atoms with E-state index in [-0.39, 0.29) is 37.5 Å². The van der Waals surface area contributed by atoms with Gasteiger partial charge in [-0.2, -0.15) is 0 Å². The van der Waals surface area contributed by atoms with Crippen molar-refractivity contribution >= 4 is 17.9 Å². The van der Waals surface area contributed by atoms with Gasteiger partial charge >= 0.3 is 17.9 Å². The monoisotopic (exact) mass is 1010 g/mol. The predicted molar refractivity (Wildman–Crippen MR) is 316 cm³/mol. The summed E-state index contributed by atoms with van der Waals surface area (Å²) >= 11 is 0. The molecular weight excluding hydrogens is 901 g/mol. The summed E-state index contributed by atoms with van der Waals surface area (Å²) in [5.41, 5.74) is 0. The van der Waals surface area contributed by atoms with Crippen molar-refractivity contribution in [2.75, 3.05) is 13.2 Å².